The van der Waals surface area contributed by atoms with Crippen LogP contribution in [0.2, 0.25) is 4.34 Å². The zero-order valence-electron chi connectivity index (χ0n) is 14.2. The summed E-state index contributed by atoms with van der Waals surface area (Å²) in [6, 6.07) is 9.19. The molecule has 1 heterocycles. The van der Waals surface area contributed by atoms with Gasteiger partial charge in [-0.2, -0.15) is 0 Å². The molecule has 0 saturated carbocycles. The maximum Gasteiger partial charge on any atom is 0.282 e. The molecule has 0 bridgehead atoms. The van der Waals surface area contributed by atoms with Crippen molar-refractivity contribution in [3.8, 4) is 0 Å². The highest BCUT2D eigenvalue weighted by Gasteiger charge is 2.25. The lowest BCUT2D eigenvalue weighted by molar-refractivity contribution is -0.921. The van der Waals surface area contributed by atoms with Gasteiger partial charge >= 0.3 is 0 Å². The molecule has 0 aliphatic heterocycles. The minimum atomic E-state index is -3.76. The molecule has 2 rings (SSSR count). The third-order valence-corrected chi connectivity index (χ3v) is 6.05. The lowest BCUT2D eigenvalue weighted by atomic mass is 10.2. The highest BCUT2D eigenvalue weighted by Crippen LogP contribution is 2.20. The molecule has 4 N–H and O–H groups in total. The quantitative estimate of drug-likeness (QED) is 0.573. The van der Waals surface area contributed by atoms with Gasteiger partial charge in [0.15, 0.2) is 6.04 Å². The third kappa shape index (κ3) is 5.65. The van der Waals surface area contributed by atoms with E-state index in [0.717, 1.165) is 9.78 Å². The summed E-state index contributed by atoms with van der Waals surface area (Å²) in [6.07, 6.45) is 1.77. The molecule has 140 valence electrons. The van der Waals surface area contributed by atoms with Crippen molar-refractivity contribution in [2.45, 2.75) is 24.4 Å². The van der Waals surface area contributed by atoms with Crippen LogP contribution in [0.25, 0.3) is 0 Å². The van der Waals surface area contributed by atoms with E-state index in [-0.39, 0.29) is 16.8 Å². The normalized spacial score (nSPS) is 13.8. The van der Waals surface area contributed by atoms with Gasteiger partial charge < -0.3 is 10.2 Å². The minimum Gasteiger partial charge on any atom is -0.321 e. The monoisotopic (exact) mass is 414 g/mol. The van der Waals surface area contributed by atoms with Crippen molar-refractivity contribution in [2.24, 2.45) is 5.14 Å². The van der Waals surface area contributed by atoms with Gasteiger partial charge in [0.25, 0.3) is 5.91 Å². The van der Waals surface area contributed by atoms with E-state index in [4.69, 9.17) is 16.7 Å². The zero-order chi connectivity index (χ0) is 19.3. The SMILES string of the molecule is C=CC[NH+](Cc1ccc(Cl)s1)[C@H](C)C(=O)Nc1ccc(S(N)(=O)=O)cc1. The van der Waals surface area contributed by atoms with E-state index < -0.39 is 10.0 Å². The lowest BCUT2D eigenvalue weighted by Crippen LogP contribution is -3.15. The van der Waals surface area contributed by atoms with Crippen LogP contribution in [-0.4, -0.2) is 26.9 Å². The van der Waals surface area contributed by atoms with Crippen molar-refractivity contribution >= 4 is 44.6 Å². The maximum absolute atomic E-state index is 12.6. The number of amides is 1. The summed E-state index contributed by atoms with van der Waals surface area (Å²) >= 11 is 7.46. The van der Waals surface area contributed by atoms with Crippen LogP contribution in [0.4, 0.5) is 5.69 Å². The number of primary sulfonamides is 1. The van der Waals surface area contributed by atoms with Crippen molar-refractivity contribution in [3.05, 3.63) is 58.3 Å². The van der Waals surface area contributed by atoms with E-state index in [1.165, 1.54) is 35.6 Å². The van der Waals surface area contributed by atoms with Crippen LogP contribution in [0, 0.1) is 0 Å². The smallest absolute Gasteiger partial charge is 0.282 e. The number of halogens is 1. The standard InChI is InChI=1S/C17H20ClN3O3S2/c1-3-10-21(11-14-6-9-16(18)25-14)12(2)17(22)20-13-4-7-15(8-5-13)26(19,23)24/h3-9,12H,1,10-11H2,2H3,(H,20,22)(H2,19,23,24)/p+1/t12-/m1/s1. The second-order valence-corrected chi connectivity index (χ2v) is 9.18. The maximum atomic E-state index is 12.6. The summed E-state index contributed by atoms with van der Waals surface area (Å²) < 4.78 is 23.3. The fourth-order valence-corrected chi connectivity index (χ4v) is 4.08. The van der Waals surface area contributed by atoms with E-state index in [9.17, 15) is 13.2 Å². The number of sulfonamides is 1. The molecule has 26 heavy (non-hydrogen) atoms. The molecule has 1 unspecified atom stereocenters. The molecule has 9 heteroatoms. The molecular weight excluding hydrogens is 394 g/mol. The number of nitrogens with one attached hydrogen (secondary N) is 2. The lowest BCUT2D eigenvalue weighted by Gasteiger charge is -2.23. The first-order chi connectivity index (χ1) is 12.2. The number of thiophene rings is 1. The first-order valence-electron chi connectivity index (χ1n) is 7.84. The average Bonchev–Trinajstić information content (AvgIpc) is 2.98. The first-order valence-corrected chi connectivity index (χ1v) is 10.6. The van der Waals surface area contributed by atoms with Crippen LogP contribution in [0.3, 0.4) is 0 Å². The fourth-order valence-electron chi connectivity index (χ4n) is 2.42. The van der Waals surface area contributed by atoms with Crippen LogP contribution >= 0.6 is 22.9 Å². The second kappa shape index (κ2) is 8.79. The Balaban J connectivity index is 2.06. The van der Waals surface area contributed by atoms with Crippen molar-refractivity contribution in [1.29, 1.82) is 0 Å². The second-order valence-electron chi connectivity index (χ2n) is 5.81. The molecule has 0 radical (unpaired) electrons. The Kier molecular flexibility index (Phi) is 6.96. The van der Waals surface area contributed by atoms with Gasteiger partial charge in [-0.05, 0) is 49.4 Å². The summed E-state index contributed by atoms with van der Waals surface area (Å²) in [5, 5.41) is 7.87. The Morgan fingerprint density at radius 1 is 1.35 bits per heavy atom. The first kappa shape index (κ1) is 20.6. The van der Waals surface area contributed by atoms with Gasteiger partial charge in [0, 0.05) is 5.69 Å². The molecule has 0 aliphatic carbocycles. The van der Waals surface area contributed by atoms with Crippen LogP contribution < -0.4 is 15.4 Å². The Labute approximate surface area is 162 Å². The molecule has 2 atom stereocenters. The molecule has 2 aromatic rings. The Bertz CT molecular complexity index is 879. The number of carbonyl (C=O) groups is 1. The third-order valence-electron chi connectivity index (χ3n) is 3.89. The number of hydrogen-bond acceptors (Lipinski definition) is 4. The molecule has 1 aromatic heterocycles. The Hall–Kier alpha value is -1.71. The van der Waals surface area contributed by atoms with Crippen LogP contribution in [0.1, 0.15) is 11.8 Å². The molecular formula is C17H21ClN3O3S2+. The Morgan fingerprint density at radius 3 is 2.50 bits per heavy atom. The number of rotatable bonds is 8. The summed E-state index contributed by atoms with van der Waals surface area (Å²) in [5.41, 5.74) is 0.506. The van der Waals surface area contributed by atoms with Gasteiger partial charge in [0.05, 0.1) is 20.7 Å². The van der Waals surface area contributed by atoms with Crippen molar-refractivity contribution in [2.75, 3.05) is 11.9 Å². The van der Waals surface area contributed by atoms with Crippen LogP contribution in [-0.2, 0) is 21.4 Å². The highest BCUT2D eigenvalue weighted by atomic mass is 35.5. The number of nitrogens with two attached hydrogens (primary N) is 1. The van der Waals surface area contributed by atoms with E-state index >= 15 is 0 Å². The predicted molar refractivity (Wildman–Crippen MR) is 105 cm³/mol. The molecule has 6 nitrogen and oxygen atoms in total. The van der Waals surface area contributed by atoms with Gasteiger partial charge in [-0.15, -0.1) is 11.3 Å². The minimum absolute atomic E-state index is 0.00275. The molecule has 0 fully saturated rings. The topological polar surface area (TPSA) is 93.7 Å². The number of anilines is 1. The summed E-state index contributed by atoms with van der Waals surface area (Å²) in [7, 11) is -3.76. The van der Waals surface area contributed by atoms with Crippen molar-refractivity contribution < 1.29 is 18.1 Å². The van der Waals surface area contributed by atoms with Crippen LogP contribution in [0.5, 0.6) is 0 Å². The number of benzene rings is 1. The number of quaternary nitrogens is 1. The van der Waals surface area contributed by atoms with Crippen molar-refractivity contribution in [3.63, 3.8) is 0 Å². The summed E-state index contributed by atoms with van der Waals surface area (Å²) in [4.78, 5) is 14.7. The molecule has 1 amide bonds. The largest absolute Gasteiger partial charge is 0.321 e. The highest BCUT2D eigenvalue weighted by molar-refractivity contribution is 7.89. The van der Waals surface area contributed by atoms with E-state index in [0.29, 0.717) is 23.1 Å². The molecule has 0 saturated heterocycles. The van der Waals surface area contributed by atoms with Crippen LogP contribution in [0.15, 0.2) is 53.9 Å². The van der Waals surface area contributed by atoms with Gasteiger partial charge in [-0.3, -0.25) is 4.79 Å². The molecule has 0 aliphatic rings. The van der Waals surface area contributed by atoms with Gasteiger partial charge in [-0.25, -0.2) is 13.6 Å². The summed E-state index contributed by atoms with van der Waals surface area (Å²) in [6.45, 7) is 6.87. The van der Waals surface area contributed by atoms with Gasteiger partial charge in [0.1, 0.15) is 6.54 Å². The zero-order valence-corrected chi connectivity index (χ0v) is 16.6. The molecule has 0 spiro atoms. The Morgan fingerprint density at radius 2 is 2.00 bits per heavy atom. The van der Waals surface area contributed by atoms with Crippen molar-refractivity contribution in [1.82, 2.24) is 0 Å². The van der Waals surface area contributed by atoms with Gasteiger partial charge in [-0.1, -0.05) is 18.2 Å². The molecule has 1 aromatic carbocycles. The average molecular weight is 415 g/mol. The number of hydrogen-bond donors (Lipinski definition) is 3. The fraction of sp³-hybridized carbons (Fsp3) is 0.235. The van der Waals surface area contributed by atoms with Gasteiger partial charge in [0.2, 0.25) is 10.0 Å². The van der Waals surface area contributed by atoms with E-state index in [1.54, 1.807) is 6.08 Å². The van der Waals surface area contributed by atoms with E-state index in [1.807, 2.05) is 19.1 Å². The predicted octanol–water partition coefficient (Wildman–Crippen LogP) is 1.65. The number of carbonyl (C=O) groups excluding carboxylic acids is 1. The summed E-state index contributed by atoms with van der Waals surface area (Å²) in [5.74, 6) is -0.173. The van der Waals surface area contributed by atoms with E-state index in [2.05, 4.69) is 11.9 Å².